The van der Waals surface area contributed by atoms with E-state index in [0.29, 0.717) is 12.8 Å². The minimum Gasteiger partial charge on any atom is -0.462 e. The van der Waals surface area contributed by atoms with Gasteiger partial charge in [0.2, 0.25) is 0 Å². The highest BCUT2D eigenvalue weighted by atomic mass is 19.4. The molecule has 0 spiro atoms. The predicted octanol–water partition coefficient (Wildman–Crippen LogP) is 2.77. The normalized spacial score (nSPS) is 18.2. The fraction of sp³-hybridized carbons (Fsp3) is 0.714. The lowest BCUT2D eigenvalue weighted by atomic mass is 9.85. The van der Waals surface area contributed by atoms with Crippen LogP contribution in [-0.4, -0.2) is 33.1 Å². The zero-order valence-corrected chi connectivity index (χ0v) is 12.3. The Morgan fingerprint density at radius 1 is 1.41 bits per heavy atom. The van der Waals surface area contributed by atoms with Crippen molar-refractivity contribution >= 4 is 5.97 Å². The summed E-state index contributed by atoms with van der Waals surface area (Å²) < 4.78 is 44.6. The van der Waals surface area contributed by atoms with E-state index >= 15 is 0 Å². The van der Waals surface area contributed by atoms with Gasteiger partial charge in [-0.3, -0.25) is 4.68 Å². The van der Waals surface area contributed by atoms with Gasteiger partial charge >= 0.3 is 12.1 Å². The molecule has 1 N–H and O–H groups in total. The Bertz CT molecular complexity index is 534. The van der Waals surface area contributed by atoms with E-state index in [1.807, 2.05) is 0 Å². The molecule has 0 radical (unpaired) electrons. The second kappa shape index (κ2) is 6.28. The van der Waals surface area contributed by atoms with Gasteiger partial charge in [-0.2, -0.15) is 18.3 Å². The van der Waals surface area contributed by atoms with Crippen LogP contribution in [0.1, 0.15) is 55.1 Å². The molecule has 0 unspecified atom stereocenters. The number of carbonyl (C=O) groups is 1. The van der Waals surface area contributed by atoms with E-state index in [9.17, 15) is 23.1 Å². The van der Waals surface area contributed by atoms with Crippen molar-refractivity contribution < 1.29 is 27.8 Å². The van der Waals surface area contributed by atoms with E-state index in [0.717, 1.165) is 30.1 Å². The summed E-state index contributed by atoms with van der Waals surface area (Å²) in [7, 11) is 0. The fourth-order valence-electron chi connectivity index (χ4n) is 2.74. The second-order valence-electron chi connectivity index (χ2n) is 5.59. The molecule has 0 saturated heterocycles. The molecule has 124 valence electrons. The van der Waals surface area contributed by atoms with E-state index < -0.39 is 29.0 Å². The Labute approximate surface area is 126 Å². The van der Waals surface area contributed by atoms with Crippen molar-refractivity contribution in [2.75, 3.05) is 6.61 Å². The number of hydrogen-bond donors (Lipinski definition) is 1. The molecular formula is C14H19F3N2O3. The molecule has 22 heavy (non-hydrogen) atoms. The quantitative estimate of drug-likeness (QED) is 0.867. The number of carbonyl (C=O) groups excluding carboxylic acids is 1. The molecule has 8 heteroatoms. The molecule has 0 atom stereocenters. The molecule has 0 aromatic carbocycles. The number of esters is 1. The van der Waals surface area contributed by atoms with Crippen molar-refractivity contribution in [1.82, 2.24) is 9.78 Å². The Morgan fingerprint density at radius 3 is 2.59 bits per heavy atom. The van der Waals surface area contributed by atoms with Gasteiger partial charge in [0, 0.05) is 6.20 Å². The fourth-order valence-corrected chi connectivity index (χ4v) is 2.74. The molecule has 1 aromatic rings. The van der Waals surface area contributed by atoms with Crippen molar-refractivity contribution in [2.45, 2.75) is 57.3 Å². The molecule has 1 aliphatic rings. The monoisotopic (exact) mass is 320 g/mol. The standard InChI is InChI=1S/C14H19F3N2O3/c1-2-22-12(20)10-8-19(18-11(10)14(15,16)17)9-13(21)6-4-3-5-7-13/h8,21H,2-7,9H2,1H3. The number of hydrogen-bond acceptors (Lipinski definition) is 4. The van der Waals surface area contributed by atoms with E-state index in [4.69, 9.17) is 0 Å². The molecule has 1 fully saturated rings. The van der Waals surface area contributed by atoms with Gasteiger partial charge in [0.1, 0.15) is 5.56 Å². The molecule has 1 saturated carbocycles. The van der Waals surface area contributed by atoms with Crippen LogP contribution in [0.5, 0.6) is 0 Å². The van der Waals surface area contributed by atoms with E-state index in [1.165, 1.54) is 6.92 Å². The van der Waals surface area contributed by atoms with Gasteiger partial charge in [-0.1, -0.05) is 19.3 Å². The van der Waals surface area contributed by atoms with Crippen LogP contribution >= 0.6 is 0 Å². The average Bonchev–Trinajstić information content (AvgIpc) is 2.83. The SMILES string of the molecule is CCOC(=O)c1cn(CC2(O)CCCCC2)nc1C(F)(F)F. The third-order valence-electron chi connectivity index (χ3n) is 3.77. The van der Waals surface area contributed by atoms with Gasteiger partial charge in [0.25, 0.3) is 0 Å². The summed E-state index contributed by atoms with van der Waals surface area (Å²) >= 11 is 0. The Hall–Kier alpha value is -1.57. The maximum Gasteiger partial charge on any atom is 0.436 e. The molecule has 5 nitrogen and oxygen atoms in total. The van der Waals surface area contributed by atoms with Crippen molar-refractivity contribution in [2.24, 2.45) is 0 Å². The first-order valence-corrected chi connectivity index (χ1v) is 7.29. The summed E-state index contributed by atoms with van der Waals surface area (Å²) in [6.45, 7) is 1.43. The lowest BCUT2D eigenvalue weighted by Crippen LogP contribution is -2.36. The first-order chi connectivity index (χ1) is 10.2. The lowest BCUT2D eigenvalue weighted by molar-refractivity contribution is -0.142. The molecule has 0 amide bonds. The van der Waals surface area contributed by atoms with Gasteiger partial charge in [-0.05, 0) is 19.8 Å². The van der Waals surface area contributed by atoms with Crippen LogP contribution in [0, 0.1) is 0 Å². The first kappa shape index (κ1) is 16.8. The average molecular weight is 320 g/mol. The highest BCUT2D eigenvalue weighted by Crippen LogP contribution is 2.33. The molecule has 1 heterocycles. The highest BCUT2D eigenvalue weighted by molar-refractivity contribution is 5.90. The summed E-state index contributed by atoms with van der Waals surface area (Å²) in [6, 6.07) is 0. The van der Waals surface area contributed by atoms with Crippen molar-refractivity contribution in [1.29, 1.82) is 0 Å². The Kier molecular flexibility index (Phi) is 4.79. The third-order valence-corrected chi connectivity index (χ3v) is 3.77. The van der Waals surface area contributed by atoms with E-state index in [1.54, 1.807) is 0 Å². The number of halogens is 3. The van der Waals surface area contributed by atoms with Gasteiger partial charge in [-0.25, -0.2) is 4.79 Å². The summed E-state index contributed by atoms with van der Waals surface area (Å²) in [5.74, 6) is -1.06. The minimum atomic E-state index is -4.75. The highest BCUT2D eigenvalue weighted by Gasteiger charge is 2.40. The second-order valence-corrected chi connectivity index (χ2v) is 5.59. The summed E-state index contributed by atoms with van der Waals surface area (Å²) in [5.41, 5.74) is -2.96. The maximum atomic E-state index is 13.0. The zero-order valence-electron chi connectivity index (χ0n) is 12.3. The number of alkyl halides is 3. The lowest BCUT2D eigenvalue weighted by Gasteiger charge is -2.31. The molecule has 1 aromatic heterocycles. The smallest absolute Gasteiger partial charge is 0.436 e. The van der Waals surface area contributed by atoms with Gasteiger partial charge < -0.3 is 9.84 Å². The zero-order chi connectivity index (χ0) is 16.4. The first-order valence-electron chi connectivity index (χ1n) is 7.29. The third kappa shape index (κ3) is 3.79. The summed E-state index contributed by atoms with van der Waals surface area (Å²) in [4.78, 5) is 11.7. The molecule has 0 aliphatic heterocycles. The van der Waals surface area contributed by atoms with E-state index in [-0.39, 0.29) is 13.2 Å². The van der Waals surface area contributed by atoms with Crippen molar-refractivity contribution in [3.05, 3.63) is 17.5 Å². The van der Waals surface area contributed by atoms with Gasteiger partial charge in [0.15, 0.2) is 5.69 Å². The minimum absolute atomic E-state index is 0.0226. The Morgan fingerprint density at radius 2 is 2.05 bits per heavy atom. The number of aromatic nitrogens is 2. The molecule has 0 bridgehead atoms. The maximum absolute atomic E-state index is 13.0. The van der Waals surface area contributed by atoms with Gasteiger partial charge in [0.05, 0.1) is 18.8 Å². The van der Waals surface area contributed by atoms with Crippen LogP contribution in [0.25, 0.3) is 0 Å². The van der Waals surface area contributed by atoms with Crippen LogP contribution in [-0.2, 0) is 17.5 Å². The topological polar surface area (TPSA) is 64.3 Å². The van der Waals surface area contributed by atoms with Crippen LogP contribution in [0.2, 0.25) is 0 Å². The van der Waals surface area contributed by atoms with E-state index in [2.05, 4.69) is 9.84 Å². The van der Waals surface area contributed by atoms with Crippen LogP contribution in [0.15, 0.2) is 6.20 Å². The predicted molar refractivity (Wildman–Crippen MR) is 71.2 cm³/mol. The molecule has 2 rings (SSSR count). The Balaban J connectivity index is 2.27. The number of nitrogens with zero attached hydrogens (tertiary/aromatic N) is 2. The van der Waals surface area contributed by atoms with Crippen molar-refractivity contribution in [3.8, 4) is 0 Å². The summed E-state index contributed by atoms with van der Waals surface area (Å²) in [6.07, 6.45) is -0.0472. The largest absolute Gasteiger partial charge is 0.462 e. The number of ether oxygens (including phenoxy) is 1. The summed E-state index contributed by atoms with van der Waals surface area (Å²) in [5, 5.41) is 13.9. The number of aliphatic hydroxyl groups is 1. The molecular weight excluding hydrogens is 301 g/mol. The molecule has 1 aliphatic carbocycles. The van der Waals surface area contributed by atoms with Crippen LogP contribution in [0.3, 0.4) is 0 Å². The number of rotatable bonds is 4. The van der Waals surface area contributed by atoms with Crippen LogP contribution < -0.4 is 0 Å². The van der Waals surface area contributed by atoms with Crippen molar-refractivity contribution in [3.63, 3.8) is 0 Å². The van der Waals surface area contributed by atoms with Crippen LogP contribution in [0.4, 0.5) is 13.2 Å². The van der Waals surface area contributed by atoms with Gasteiger partial charge in [-0.15, -0.1) is 0 Å².